The first kappa shape index (κ1) is 12.8. The van der Waals surface area contributed by atoms with E-state index in [-0.39, 0.29) is 12.5 Å². The number of alkyl halides is 2. The Bertz CT molecular complexity index is 273. The molecule has 92 valence electrons. The summed E-state index contributed by atoms with van der Waals surface area (Å²) in [6.07, 6.45) is -3.61. The Morgan fingerprint density at radius 3 is 2.75 bits per heavy atom. The molecule has 0 saturated carbocycles. The van der Waals surface area contributed by atoms with Crippen LogP contribution in [0.15, 0.2) is 0 Å². The van der Waals surface area contributed by atoms with Gasteiger partial charge < -0.3 is 15.3 Å². The summed E-state index contributed by atoms with van der Waals surface area (Å²) in [7, 11) is 0. The third kappa shape index (κ3) is 3.73. The van der Waals surface area contributed by atoms with Crippen molar-refractivity contribution in [2.45, 2.75) is 25.4 Å². The zero-order valence-electron chi connectivity index (χ0n) is 8.66. The van der Waals surface area contributed by atoms with Gasteiger partial charge in [-0.3, -0.25) is 9.59 Å². The highest BCUT2D eigenvalue weighted by molar-refractivity contribution is 5.85. The predicted octanol–water partition coefficient (Wildman–Crippen LogP) is -0.649. The van der Waals surface area contributed by atoms with Crippen molar-refractivity contribution in [1.29, 1.82) is 0 Å². The molecular weight excluding hydrogens is 222 g/mol. The van der Waals surface area contributed by atoms with E-state index in [1.165, 1.54) is 4.90 Å². The molecule has 2 amide bonds. The van der Waals surface area contributed by atoms with E-state index in [0.717, 1.165) is 0 Å². The monoisotopic (exact) mass is 236 g/mol. The van der Waals surface area contributed by atoms with Gasteiger partial charge in [0.15, 0.2) is 0 Å². The summed E-state index contributed by atoms with van der Waals surface area (Å²) in [5, 5.41) is 10.9. The van der Waals surface area contributed by atoms with E-state index in [2.05, 4.69) is 5.32 Å². The van der Waals surface area contributed by atoms with E-state index < -0.39 is 25.0 Å². The number of likely N-dealkylation sites (tertiary alicyclic amines) is 1. The Balaban J connectivity index is 2.23. The Hall–Kier alpha value is -1.24. The summed E-state index contributed by atoms with van der Waals surface area (Å²) in [5.74, 6) is -0.639. The highest BCUT2D eigenvalue weighted by atomic mass is 19.3. The molecule has 1 aliphatic rings. The van der Waals surface area contributed by atoms with Crippen molar-refractivity contribution in [3.63, 3.8) is 0 Å². The van der Waals surface area contributed by atoms with Gasteiger partial charge in [0.2, 0.25) is 11.8 Å². The number of amides is 2. The van der Waals surface area contributed by atoms with Crippen molar-refractivity contribution < 1.29 is 23.5 Å². The fourth-order valence-electron chi connectivity index (χ4n) is 1.41. The summed E-state index contributed by atoms with van der Waals surface area (Å²) < 4.78 is 23.8. The van der Waals surface area contributed by atoms with Gasteiger partial charge in [0.25, 0.3) is 6.43 Å². The minimum Gasteiger partial charge on any atom is -0.385 e. The van der Waals surface area contributed by atoms with E-state index in [0.29, 0.717) is 19.4 Å². The SMILES string of the molecule is O=C(CN1CCCC1=O)NCC(O)C(F)F. The maximum absolute atomic E-state index is 11.9. The molecule has 0 radical (unpaired) electrons. The molecule has 7 heteroatoms. The molecule has 0 aromatic rings. The van der Waals surface area contributed by atoms with Crippen LogP contribution in [0, 0.1) is 0 Å². The predicted molar refractivity (Wildman–Crippen MR) is 50.8 cm³/mol. The average molecular weight is 236 g/mol. The standard InChI is InChI=1S/C9H14F2N2O3/c10-9(11)6(14)4-12-7(15)5-13-3-1-2-8(13)16/h6,9,14H,1-5H2,(H,12,15). The normalized spacial score (nSPS) is 18.0. The smallest absolute Gasteiger partial charge is 0.265 e. The third-order valence-electron chi connectivity index (χ3n) is 2.31. The minimum atomic E-state index is -2.88. The second-order valence-corrected chi connectivity index (χ2v) is 3.62. The zero-order valence-corrected chi connectivity index (χ0v) is 8.66. The number of nitrogens with zero attached hydrogens (tertiary/aromatic N) is 1. The number of carbonyl (C=O) groups excluding carboxylic acids is 2. The molecule has 1 unspecified atom stereocenters. The van der Waals surface area contributed by atoms with Crippen molar-refractivity contribution in [2.24, 2.45) is 0 Å². The van der Waals surface area contributed by atoms with Gasteiger partial charge in [0.1, 0.15) is 6.10 Å². The van der Waals surface area contributed by atoms with Crippen LogP contribution in [-0.2, 0) is 9.59 Å². The highest BCUT2D eigenvalue weighted by Crippen LogP contribution is 2.08. The van der Waals surface area contributed by atoms with Crippen LogP contribution in [0.4, 0.5) is 8.78 Å². The number of rotatable bonds is 5. The molecular formula is C9H14F2N2O3. The average Bonchev–Trinajstić information content (AvgIpc) is 2.60. The van der Waals surface area contributed by atoms with Crippen LogP contribution >= 0.6 is 0 Å². The Morgan fingerprint density at radius 2 is 2.25 bits per heavy atom. The topological polar surface area (TPSA) is 69.6 Å². The molecule has 0 aromatic carbocycles. The summed E-state index contributed by atoms with van der Waals surface area (Å²) in [6, 6.07) is 0. The Kier molecular flexibility index (Phi) is 4.60. The number of aliphatic hydroxyl groups is 1. The zero-order chi connectivity index (χ0) is 12.1. The molecule has 1 atom stereocenters. The number of halogens is 2. The van der Waals surface area contributed by atoms with Crippen LogP contribution in [0.25, 0.3) is 0 Å². The van der Waals surface area contributed by atoms with Crippen molar-refractivity contribution >= 4 is 11.8 Å². The number of aliphatic hydroxyl groups excluding tert-OH is 1. The lowest BCUT2D eigenvalue weighted by Gasteiger charge is -2.16. The molecule has 0 bridgehead atoms. The number of hydrogen-bond acceptors (Lipinski definition) is 3. The largest absolute Gasteiger partial charge is 0.385 e. The first-order valence-electron chi connectivity index (χ1n) is 5.01. The third-order valence-corrected chi connectivity index (χ3v) is 2.31. The fraction of sp³-hybridized carbons (Fsp3) is 0.778. The fourth-order valence-corrected chi connectivity index (χ4v) is 1.41. The van der Waals surface area contributed by atoms with Gasteiger partial charge in [0, 0.05) is 19.5 Å². The lowest BCUT2D eigenvalue weighted by atomic mass is 10.3. The maximum Gasteiger partial charge on any atom is 0.265 e. The van der Waals surface area contributed by atoms with Gasteiger partial charge in [-0.05, 0) is 6.42 Å². The van der Waals surface area contributed by atoms with E-state index in [1.54, 1.807) is 0 Å². The molecule has 0 aliphatic carbocycles. The molecule has 0 aromatic heterocycles. The molecule has 5 nitrogen and oxygen atoms in total. The van der Waals surface area contributed by atoms with E-state index in [9.17, 15) is 18.4 Å². The molecule has 0 spiro atoms. The van der Waals surface area contributed by atoms with Crippen LogP contribution < -0.4 is 5.32 Å². The Morgan fingerprint density at radius 1 is 1.56 bits per heavy atom. The molecule has 16 heavy (non-hydrogen) atoms. The van der Waals surface area contributed by atoms with Gasteiger partial charge in [-0.25, -0.2) is 8.78 Å². The molecule has 1 fully saturated rings. The maximum atomic E-state index is 11.9. The van der Waals surface area contributed by atoms with Gasteiger partial charge >= 0.3 is 0 Å². The second kappa shape index (κ2) is 5.74. The summed E-state index contributed by atoms with van der Waals surface area (Å²) in [6.45, 7) is -0.114. The first-order valence-corrected chi connectivity index (χ1v) is 5.01. The first-order chi connectivity index (χ1) is 7.50. The van der Waals surface area contributed by atoms with E-state index in [4.69, 9.17) is 5.11 Å². The van der Waals surface area contributed by atoms with E-state index >= 15 is 0 Å². The van der Waals surface area contributed by atoms with Gasteiger partial charge in [-0.1, -0.05) is 0 Å². The van der Waals surface area contributed by atoms with Gasteiger partial charge in [-0.2, -0.15) is 0 Å². The van der Waals surface area contributed by atoms with Crippen molar-refractivity contribution in [1.82, 2.24) is 10.2 Å². The van der Waals surface area contributed by atoms with Crippen molar-refractivity contribution in [3.05, 3.63) is 0 Å². The highest BCUT2D eigenvalue weighted by Gasteiger charge is 2.23. The van der Waals surface area contributed by atoms with Gasteiger partial charge in [-0.15, -0.1) is 0 Å². The van der Waals surface area contributed by atoms with Crippen LogP contribution in [-0.4, -0.2) is 54.0 Å². The minimum absolute atomic E-state index is 0.107. The van der Waals surface area contributed by atoms with E-state index in [1.807, 2.05) is 0 Å². The second-order valence-electron chi connectivity index (χ2n) is 3.62. The summed E-state index contributed by atoms with van der Waals surface area (Å²) in [4.78, 5) is 23.7. The quantitative estimate of drug-likeness (QED) is 0.666. The number of carbonyl (C=O) groups is 2. The van der Waals surface area contributed by atoms with Crippen molar-refractivity contribution in [2.75, 3.05) is 19.6 Å². The van der Waals surface area contributed by atoms with Crippen LogP contribution in [0.5, 0.6) is 0 Å². The molecule has 2 N–H and O–H groups in total. The van der Waals surface area contributed by atoms with Crippen LogP contribution in [0.1, 0.15) is 12.8 Å². The molecule has 1 saturated heterocycles. The number of nitrogens with one attached hydrogen (secondary N) is 1. The molecule has 1 rings (SSSR count). The summed E-state index contributed by atoms with van der Waals surface area (Å²) in [5.41, 5.74) is 0. The number of hydrogen-bond donors (Lipinski definition) is 2. The van der Waals surface area contributed by atoms with Crippen LogP contribution in [0.2, 0.25) is 0 Å². The Labute approximate surface area is 91.4 Å². The summed E-state index contributed by atoms with van der Waals surface area (Å²) >= 11 is 0. The van der Waals surface area contributed by atoms with Gasteiger partial charge in [0.05, 0.1) is 6.54 Å². The van der Waals surface area contributed by atoms with Crippen molar-refractivity contribution in [3.8, 4) is 0 Å². The molecule has 1 heterocycles. The lowest BCUT2D eigenvalue weighted by Crippen LogP contribution is -2.42. The van der Waals surface area contributed by atoms with Crippen LogP contribution in [0.3, 0.4) is 0 Å². The lowest BCUT2D eigenvalue weighted by molar-refractivity contribution is -0.133. The molecule has 1 aliphatic heterocycles.